The summed E-state index contributed by atoms with van der Waals surface area (Å²) in [6.45, 7) is 0. The maximum absolute atomic E-state index is 12.2. The first kappa shape index (κ1) is 16.4. The molecule has 3 aromatic rings. The number of carbonyl (C=O) groups is 1. The van der Waals surface area contributed by atoms with Gasteiger partial charge < -0.3 is 0 Å². The number of benzene rings is 1. The van der Waals surface area contributed by atoms with Gasteiger partial charge in [-0.3, -0.25) is 15.1 Å². The van der Waals surface area contributed by atoms with Crippen LogP contribution in [0.4, 0.5) is 5.13 Å². The van der Waals surface area contributed by atoms with E-state index in [2.05, 4.69) is 31.2 Å². The number of pyridine rings is 1. The molecule has 23 heavy (non-hydrogen) atoms. The van der Waals surface area contributed by atoms with Gasteiger partial charge in [0.2, 0.25) is 0 Å². The minimum Gasteiger partial charge on any atom is -0.298 e. The number of aromatic nitrogens is 2. The topological polar surface area (TPSA) is 54.9 Å². The summed E-state index contributed by atoms with van der Waals surface area (Å²) in [6, 6.07) is 6.88. The molecule has 0 atom stereocenters. The molecule has 0 aliphatic carbocycles. The normalized spacial score (nSPS) is 10.6. The van der Waals surface area contributed by atoms with Gasteiger partial charge in [0.15, 0.2) is 5.13 Å². The molecule has 0 fully saturated rings. The van der Waals surface area contributed by atoms with Crippen LogP contribution in [-0.2, 0) is 0 Å². The summed E-state index contributed by atoms with van der Waals surface area (Å²) in [4.78, 5) is 20.5. The average Bonchev–Trinajstić information content (AvgIpc) is 2.95. The molecule has 0 aliphatic rings. The molecular formula is C15H8BrCl2N3OS. The van der Waals surface area contributed by atoms with Crippen molar-refractivity contribution in [3.05, 3.63) is 62.1 Å². The van der Waals surface area contributed by atoms with Crippen molar-refractivity contribution < 1.29 is 4.79 Å². The lowest BCUT2D eigenvalue weighted by molar-refractivity contribution is 0.102. The van der Waals surface area contributed by atoms with Gasteiger partial charge in [0.25, 0.3) is 5.91 Å². The molecule has 0 radical (unpaired) electrons. The number of anilines is 1. The summed E-state index contributed by atoms with van der Waals surface area (Å²) < 4.78 is 0.734. The fourth-order valence-electron chi connectivity index (χ4n) is 1.86. The highest BCUT2D eigenvalue weighted by Gasteiger charge is 2.12. The monoisotopic (exact) mass is 427 g/mol. The number of nitrogens with one attached hydrogen (secondary N) is 1. The standard InChI is InChI=1S/C15H8BrCl2N3OS/c16-9-3-8(5-19-6-9)14(22)21-15-20-13(7-23-15)11-2-1-10(17)4-12(11)18/h1-7H,(H,20,21,22). The Balaban J connectivity index is 1.81. The van der Waals surface area contributed by atoms with Crippen molar-refractivity contribution in [1.29, 1.82) is 0 Å². The quantitative estimate of drug-likeness (QED) is 0.596. The zero-order valence-electron chi connectivity index (χ0n) is 11.4. The fraction of sp³-hybridized carbons (Fsp3) is 0. The molecule has 1 N–H and O–H groups in total. The van der Waals surface area contributed by atoms with Crippen LogP contribution in [0.25, 0.3) is 11.3 Å². The van der Waals surface area contributed by atoms with E-state index in [-0.39, 0.29) is 5.91 Å². The van der Waals surface area contributed by atoms with Crippen LogP contribution in [0.3, 0.4) is 0 Å². The minimum atomic E-state index is -0.276. The summed E-state index contributed by atoms with van der Waals surface area (Å²) in [6.07, 6.45) is 3.10. The molecular weight excluding hydrogens is 421 g/mol. The maximum Gasteiger partial charge on any atom is 0.259 e. The number of halogens is 3. The van der Waals surface area contributed by atoms with Gasteiger partial charge in [0.05, 0.1) is 16.3 Å². The average molecular weight is 429 g/mol. The number of amides is 1. The van der Waals surface area contributed by atoms with Gasteiger partial charge in [-0.2, -0.15) is 0 Å². The predicted molar refractivity (Wildman–Crippen MR) is 97.5 cm³/mol. The first-order valence-corrected chi connectivity index (χ1v) is 8.78. The smallest absolute Gasteiger partial charge is 0.259 e. The third kappa shape index (κ3) is 3.90. The van der Waals surface area contributed by atoms with Crippen LogP contribution in [0.5, 0.6) is 0 Å². The fourth-order valence-corrected chi connectivity index (χ4v) is 3.43. The van der Waals surface area contributed by atoms with E-state index >= 15 is 0 Å². The van der Waals surface area contributed by atoms with Crippen molar-refractivity contribution in [2.75, 3.05) is 5.32 Å². The molecule has 0 bridgehead atoms. The Morgan fingerprint density at radius 2 is 2.04 bits per heavy atom. The van der Waals surface area contributed by atoms with Crippen LogP contribution in [0.2, 0.25) is 10.0 Å². The summed E-state index contributed by atoms with van der Waals surface area (Å²) >= 11 is 16.7. The molecule has 116 valence electrons. The lowest BCUT2D eigenvalue weighted by Gasteiger charge is -2.02. The molecule has 0 saturated carbocycles. The number of carbonyl (C=O) groups excluding carboxylic acids is 1. The summed E-state index contributed by atoms with van der Waals surface area (Å²) in [5.74, 6) is -0.276. The zero-order chi connectivity index (χ0) is 16.4. The van der Waals surface area contributed by atoms with Gasteiger partial charge in [-0.25, -0.2) is 4.98 Å². The van der Waals surface area contributed by atoms with Crippen LogP contribution in [-0.4, -0.2) is 15.9 Å². The molecule has 2 aromatic heterocycles. The Morgan fingerprint density at radius 3 is 2.78 bits per heavy atom. The van der Waals surface area contributed by atoms with Crippen LogP contribution in [0.15, 0.2) is 46.5 Å². The SMILES string of the molecule is O=C(Nc1nc(-c2ccc(Cl)cc2Cl)cs1)c1cncc(Br)c1. The lowest BCUT2D eigenvalue weighted by Crippen LogP contribution is -2.11. The zero-order valence-corrected chi connectivity index (χ0v) is 15.3. The van der Waals surface area contributed by atoms with E-state index in [1.54, 1.807) is 30.5 Å². The Morgan fingerprint density at radius 1 is 1.22 bits per heavy atom. The summed E-state index contributed by atoms with van der Waals surface area (Å²) in [5, 5.41) is 6.12. The molecule has 0 aliphatic heterocycles. The molecule has 2 heterocycles. The van der Waals surface area contributed by atoms with E-state index in [9.17, 15) is 4.79 Å². The first-order valence-electron chi connectivity index (χ1n) is 6.36. The Labute approximate surface area is 154 Å². The van der Waals surface area contributed by atoms with E-state index in [4.69, 9.17) is 23.2 Å². The third-order valence-electron chi connectivity index (χ3n) is 2.90. The predicted octanol–water partition coefficient (Wildman–Crippen LogP) is 5.53. The Kier molecular flexibility index (Phi) is 4.96. The maximum atomic E-state index is 12.2. The van der Waals surface area contributed by atoms with E-state index in [0.29, 0.717) is 26.4 Å². The molecule has 1 amide bonds. The van der Waals surface area contributed by atoms with Crippen molar-refractivity contribution in [1.82, 2.24) is 9.97 Å². The highest BCUT2D eigenvalue weighted by Crippen LogP contribution is 2.32. The second kappa shape index (κ2) is 6.97. The molecule has 0 saturated heterocycles. The number of hydrogen-bond acceptors (Lipinski definition) is 4. The lowest BCUT2D eigenvalue weighted by atomic mass is 10.2. The third-order valence-corrected chi connectivity index (χ3v) is 4.64. The molecule has 1 aromatic carbocycles. The van der Waals surface area contributed by atoms with Gasteiger partial charge in [0, 0.05) is 32.8 Å². The van der Waals surface area contributed by atoms with Gasteiger partial charge in [-0.1, -0.05) is 23.2 Å². The van der Waals surface area contributed by atoms with Gasteiger partial charge in [-0.15, -0.1) is 11.3 Å². The van der Waals surface area contributed by atoms with Gasteiger partial charge in [0.1, 0.15) is 0 Å². The van der Waals surface area contributed by atoms with Crippen molar-refractivity contribution >= 4 is 61.5 Å². The Bertz CT molecular complexity index is 885. The molecule has 0 spiro atoms. The number of hydrogen-bond donors (Lipinski definition) is 1. The minimum absolute atomic E-state index is 0.276. The van der Waals surface area contributed by atoms with Gasteiger partial charge >= 0.3 is 0 Å². The molecule has 0 unspecified atom stereocenters. The number of thiazole rings is 1. The number of rotatable bonds is 3. The molecule has 3 rings (SSSR count). The summed E-state index contributed by atoms with van der Waals surface area (Å²) in [7, 11) is 0. The summed E-state index contributed by atoms with van der Waals surface area (Å²) in [5.41, 5.74) is 1.89. The van der Waals surface area contributed by atoms with Crippen LogP contribution >= 0.6 is 50.5 Å². The van der Waals surface area contributed by atoms with Crippen molar-refractivity contribution in [2.45, 2.75) is 0 Å². The first-order chi connectivity index (χ1) is 11.0. The largest absolute Gasteiger partial charge is 0.298 e. The second-order valence-corrected chi connectivity index (χ2v) is 7.13. The van der Waals surface area contributed by atoms with E-state index in [1.807, 2.05) is 5.38 Å². The van der Waals surface area contributed by atoms with Crippen LogP contribution < -0.4 is 5.32 Å². The highest BCUT2D eigenvalue weighted by atomic mass is 79.9. The Hall–Kier alpha value is -1.47. The molecule has 4 nitrogen and oxygen atoms in total. The van der Waals surface area contributed by atoms with Crippen molar-refractivity contribution in [2.24, 2.45) is 0 Å². The van der Waals surface area contributed by atoms with Gasteiger partial charge in [-0.05, 0) is 40.2 Å². The molecule has 8 heteroatoms. The van der Waals surface area contributed by atoms with Crippen LogP contribution in [0.1, 0.15) is 10.4 Å². The van der Waals surface area contributed by atoms with Crippen LogP contribution in [0, 0.1) is 0 Å². The highest BCUT2D eigenvalue weighted by molar-refractivity contribution is 9.10. The van der Waals surface area contributed by atoms with Crippen molar-refractivity contribution in [3.8, 4) is 11.3 Å². The van der Waals surface area contributed by atoms with E-state index in [1.165, 1.54) is 17.5 Å². The second-order valence-electron chi connectivity index (χ2n) is 4.51. The van der Waals surface area contributed by atoms with Crippen molar-refractivity contribution in [3.63, 3.8) is 0 Å². The van der Waals surface area contributed by atoms with E-state index < -0.39 is 0 Å². The van der Waals surface area contributed by atoms with E-state index in [0.717, 1.165) is 10.0 Å². The number of nitrogens with zero attached hydrogens (tertiary/aromatic N) is 2.